The van der Waals surface area contributed by atoms with E-state index < -0.39 is 5.82 Å². The van der Waals surface area contributed by atoms with Gasteiger partial charge in [-0.2, -0.15) is 0 Å². The lowest BCUT2D eigenvalue weighted by atomic mass is 9.75. The second-order valence-electron chi connectivity index (χ2n) is 6.63. The molecule has 0 radical (unpaired) electrons. The molecule has 0 aromatic heterocycles. The van der Waals surface area contributed by atoms with Crippen LogP contribution in [0.25, 0.3) is 0 Å². The fourth-order valence-electron chi connectivity index (χ4n) is 3.08. The highest BCUT2D eigenvalue weighted by molar-refractivity contribution is 6.02. The van der Waals surface area contributed by atoms with Gasteiger partial charge in [-0.05, 0) is 43.2 Å². The Morgan fingerprint density at radius 1 is 1.38 bits per heavy atom. The summed E-state index contributed by atoms with van der Waals surface area (Å²) in [5.74, 6) is -0.656. The smallest absolute Gasteiger partial charge is 0.175 e. The highest BCUT2D eigenvalue weighted by Crippen LogP contribution is 2.38. The third-order valence-electron chi connectivity index (χ3n) is 4.59. The molecule has 4 nitrogen and oxygen atoms in total. The molecular formula is C16H24FN3O. The fourth-order valence-corrected chi connectivity index (χ4v) is 3.08. The van der Waals surface area contributed by atoms with E-state index in [1.54, 1.807) is 6.07 Å². The lowest BCUT2D eigenvalue weighted by Gasteiger charge is -2.40. The van der Waals surface area contributed by atoms with Gasteiger partial charge in [0.15, 0.2) is 5.84 Å². The van der Waals surface area contributed by atoms with Crippen molar-refractivity contribution in [3.63, 3.8) is 0 Å². The third-order valence-corrected chi connectivity index (χ3v) is 4.59. The molecular weight excluding hydrogens is 269 g/mol. The van der Waals surface area contributed by atoms with Crippen LogP contribution in [0.3, 0.4) is 0 Å². The Hall–Kier alpha value is -1.78. The largest absolute Gasteiger partial charge is 0.409 e. The van der Waals surface area contributed by atoms with Crippen LogP contribution in [0.1, 0.15) is 45.1 Å². The van der Waals surface area contributed by atoms with Crippen LogP contribution in [0, 0.1) is 11.2 Å². The Balaban J connectivity index is 2.28. The Morgan fingerprint density at radius 3 is 2.57 bits per heavy atom. The van der Waals surface area contributed by atoms with Gasteiger partial charge < -0.3 is 15.8 Å². The van der Waals surface area contributed by atoms with Gasteiger partial charge in [0.2, 0.25) is 0 Å². The molecule has 1 aromatic carbocycles. The van der Waals surface area contributed by atoms with E-state index in [1.165, 1.54) is 6.07 Å². The van der Waals surface area contributed by atoms with Crippen molar-refractivity contribution in [3.05, 3.63) is 29.6 Å². The van der Waals surface area contributed by atoms with Crippen LogP contribution in [0.2, 0.25) is 0 Å². The minimum atomic E-state index is -0.467. The monoisotopic (exact) mass is 293 g/mol. The first-order valence-corrected chi connectivity index (χ1v) is 7.35. The van der Waals surface area contributed by atoms with Crippen LogP contribution in [0.15, 0.2) is 23.4 Å². The van der Waals surface area contributed by atoms with E-state index >= 15 is 0 Å². The molecule has 1 fully saturated rings. The zero-order chi connectivity index (χ0) is 15.6. The first-order chi connectivity index (χ1) is 9.85. The fraction of sp³-hybridized carbons (Fsp3) is 0.562. The van der Waals surface area contributed by atoms with Crippen LogP contribution in [0.5, 0.6) is 0 Å². The van der Waals surface area contributed by atoms with Gasteiger partial charge in [-0.25, -0.2) is 4.39 Å². The van der Waals surface area contributed by atoms with Crippen LogP contribution in [-0.4, -0.2) is 24.1 Å². The van der Waals surface area contributed by atoms with Crippen LogP contribution in [0.4, 0.5) is 10.1 Å². The average Bonchev–Trinajstić information content (AvgIpc) is 2.45. The van der Waals surface area contributed by atoms with Gasteiger partial charge in [-0.1, -0.05) is 25.1 Å². The van der Waals surface area contributed by atoms with Crippen molar-refractivity contribution in [1.29, 1.82) is 0 Å². The van der Waals surface area contributed by atoms with Gasteiger partial charge in [0.1, 0.15) is 5.82 Å². The second kappa shape index (κ2) is 5.92. The van der Waals surface area contributed by atoms with Gasteiger partial charge in [0.25, 0.3) is 0 Å². The van der Waals surface area contributed by atoms with E-state index in [0.717, 1.165) is 25.7 Å². The molecule has 21 heavy (non-hydrogen) atoms. The molecule has 0 saturated heterocycles. The van der Waals surface area contributed by atoms with E-state index in [4.69, 9.17) is 10.9 Å². The molecule has 0 amide bonds. The molecule has 3 N–H and O–H groups in total. The van der Waals surface area contributed by atoms with E-state index in [9.17, 15) is 4.39 Å². The van der Waals surface area contributed by atoms with E-state index in [1.807, 2.05) is 13.1 Å². The average molecular weight is 293 g/mol. The number of nitrogens with zero attached hydrogens (tertiary/aromatic N) is 2. The molecule has 1 aliphatic rings. The normalized spacial score (nSPS) is 19.5. The maximum absolute atomic E-state index is 14.0. The van der Waals surface area contributed by atoms with Crippen LogP contribution >= 0.6 is 0 Å². The zero-order valence-corrected chi connectivity index (χ0v) is 12.9. The summed E-state index contributed by atoms with van der Waals surface area (Å²) in [6, 6.07) is 5.15. The molecule has 0 atom stereocenters. The summed E-state index contributed by atoms with van der Waals surface area (Å²) >= 11 is 0. The Labute approximate surface area is 125 Å². The van der Waals surface area contributed by atoms with Gasteiger partial charge in [-0.15, -0.1) is 0 Å². The van der Waals surface area contributed by atoms with Gasteiger partial charge >= 0.3 is 0 Å². The highest BCUT2D eigenvalue weighted by atomic mass is 19.1. The van der Waals surface area contributed by atoms with Gasteiger partial charge in [-0.3, -0.25) is 0 Å². The molecule has 1 aromatic rings. The number of rotatable bonds is 3. The predicted octanol–water partition coefficient (Wildman–Crippen LogP) is 3.33. The first kappa shape index (κ1) is 15.6. The van der Waals surface area contributed by atoms with Gasteiger partial charge in [0.05, 0.1) is 11.3 Å². The molecule has 0 aliphatic heterocycles. The van der Waals surface area contributed by atoms with Gasteiger partial charge in [0, 0.05) is 13.1 Å². The lowest BCUT2D eigenvalue weighted by molar-refractivity contribution is 0.222. The number of amidine groups is 1. The molecule has 1 aliphatic carbocycles. The Morgan fingerprint density at radius 2 is 2.00 bits per heavy atom. The maximum Gasteiger partial charge on any atom is 0.175 e. The topological polar surface area (TPSA) is 61.8 Å². The summed E-state index contributed by atoms with van der Waals surface area (Å²) in [7, 11) is 1.95. The standard InChI is InChI=1S/C16H24FN3O/c1-16(2)9-7-11(8-10-16)20(3)13-6-4-5-12(17)14(13)15(18)19-21/h4-6,11,21H,7-10H2,1-3H3,(H2,18,19). The number of anilines is 1. The van der Waals surface area contributed by atoms with Crippen molar-refractivity contribution in [1.82, 2.24) is 0 Å². The summed E-state index contributed by atoms with van der Waals surface area (Å²) in [4.78, 5) is 2.06. The number of hydrogen-bond acceptors (Lipinski definition) is 3. The van der Waals surface area contributed by atoms with Crippen molar-refractivity contribution in [2.24, 2.45) is 16.3 Å². The molecule has 5 heteroatoms. The van der Waals surface area contributed by atoms with Crippen LogP contribution < -0.4 is 10.6 Å². The number of hydrogen-bond donors (Lipinski definition) is 2. The second-order valence-corrected chi connectivity index (χ2v) is 6.63. The molecule has 116 valence electrons. The van der Waals surface area contributed by atoms with E-state index in [0.29, 0.717) is 17.1 Å². The molecule has 0 bridgehead atoms. The SMILES string of the molecule is CN(c1cccc(F)c1/C(N)=N/O)C1CCC(C)(C)CC1. The van der Waals surface area contributed by atoms with Crippen molar-refractivity contribution in [2.45, 2.75) is 45.6 Å². The minimum Gasteiger partial charge on any atom is -0.409 e. The summed E-state index contributed by atoms with van der Waals surface area (Å²) in [6.45, 7) is 4.57. The summed E-state index contributed by atoms with van der Waals surface area (Å²) in [5.41, 5.74) is 6.87. The molecule has 2 rings (SSSR count). The summed E-state index contributed by atoms with van der Waals surface area (Å²) < 4.78 is 14.0. The quantitative estimate of drug-likeness (QED) is 0.389. The minimum absolute atomic E-state index is 0.173. The van der Waals surface area contributed by atoms with Crippen molar-refractivity contribution in [2.75, 3.05) is 11.9 Å². The first-order valence-electron chi connectivity index (χ1n) is 7.35. The number of oxime groups is 1. The maximum atomic E-state index is 14.0. The lowest BCUT2D eigenvalue weighted by Crippen LogP contribution is -2.38. The van der Waals surface area contributed by atoms with E-state index in [-0.39, 0.29) is 11.4 Å². The molecule has 0 heterocycles. The molecule has 1 saturated carbocycles. The zero-order valence-electron chi connectivity index (χ0n) is 12.9. The number of benzene rings is 1. The van der Waals surface area contributed by atoms with Crippen molar-refractivity contribution in [3.8, 4) is 0 Å². The summed E-state index contributed by atoms with van der Waals surface area (Å²) in [6.07, 6.45) is 4.43. The molecule has 0 unspecified atom stereocenters. The van der Waals surface area contributed by atoms with E-state index in [2.05, 4.69) is 23.9 Å². The molecule has 0 spiro atoms. The number of halogens is 1. The Kier molecular flexibility index (Phi) is 4.40. The van der Waals surface area contributed by atoms with Crippen LogP contribution in [-0.2, 0) is 0 Å². The summed E-state index contributed by atoms with van der Waals surface area (Å²) in [5, 5.41) is 11.8. The van der Waals surface area contributed by atoms with Crippen molar-refractivity contribution >= 4 is 11.5 Å². The van der Waals surface area contributed by atoms with Crippen molar-refractivity contribution < 1.29 is 9.60 Å². The third kappa shape index (κ3) is 3.28. The Bertz CT molecular complexity index is 532. The number of nitrogens with two attached hydrogens (primary N) is 1. The highest BCUT2D eigenvalue weighted by Gasteiger charge is 2.30. The predicted molar refractivity (Wildman–Crippen MR) is 83.4 cm³/mol.